The van der Waals surface area contributed by atoms with Crippen molar-refractivity contribution in [2.24, 2.45) is 0 Å². The summed E-state index contributed by atoms with van der Waals surface area (Å²) in [5.41, 5.74) is 1.03. The van der Waals surface area contributed by atoms with E-state index in [1.54, 1.807) is 6.20 Å². The molecule has 18 heavy (non-hydrogen) atoms. The maximum atomic E-state index is 9.18. The Kier molecular flexibility index (Phi) is 3.20. The van der Waals surface area contributed by atoms with Crippen molar-refractivity contribution in [2.75, 3.05) is 0 Å². The molecule has 1 aromatic heterocycles. The first-order chi connectivity index (χ1) is 8.57. The van der Waals surface area contributed by atoms with Crippen LogP contribution >= 0.6 is 0 Å². The lowest BCUT2D eigenvalue weighted by Crippen LogP contribution is -2.27. The third kappa shape index (κ3) is 2.28. The number of benzene rings is 1. The van der Waals surface area contributed by atoms with Crippen molar-refractivity contribution >= 4 is 10.9 Å². The van der Waals surface area contributed by atoms with Gasteiger partial charge in [-0.15, -0.1) is 0 Å². The van der Waals surface area contributed by atoms with Crippen molar-refractivity contribution in [1.82, 2.24) is 4.98 Å². The van der Waals surface area contributed by atoms with Crippen molar-refractivity contribution in [3.63, 3.8) is 0 Å². The van der Waals surface area contributed by atoms with E-state index in [1.165, 1.54) is 0 Å². The third-order valence-electron chi connectivity index (χ3n) is 3.08. The predicted octanol–water partition coefficient (Wildman–Crippen LogP) is 3.67. The highest BCUT2D eigenvalue weighted by atomic mass is 16.5. The van der Waals surface area contributed by atoms with E-state index >= 15 is 0 Å². The van der Waals surface area contributed by atoms with Crippen LogP contribution in [-0.4, -0.2) is 10.6 Å². The van der Waals surface area contributed by atoms with Gasteiger partial charge >= 0.3 is 0 Å². The molecule has 2 aromatic rings. The molecule has 0 aliphatic heterocycles. The number of hydrogen-bond acceptors (Lipinski definition) is 3. The SMILES string of the molecule is CCC(C)(C)Oc1c(C#N)cnc2ccccc12. The van der Waals surface area contributed by atoms with Crippen LogP contribution in [0.25, 0.3) is 10.9 Å². The van der Waals surface area contributed by atoms with Crippen LogP contribution in [0.3, 0.4) is 0 Å². The molecule has 1 aromatic carbocycles. The second-order valence-electron chi connectivity index (χ2n) is 4.85. The molecule has 0 radical (unpaired) electrons. The number of rotatable bonds is 3. The highest BCUT2D eigenvalue weighted by Gasteiger charge is 2.20. The van der Waals surface area contributed by atoms with E-state index in [0.717, 1.165) is 17.3 Å². The van der Waals surface area contributed by atoms with E-state index in [-0.39, 0.29) is 5.60 Å². The lowest BCUT2D eigenvalue weighted by molar-refractivity contribution is 0.107. The average Bonchev–Trinajstić information content (AvgIpc) is 2.39. The fraction of sp³-hybridized carbons (Fsp3) is 0.333. The van der Waals surface area contributed by atoms with Gasteiger partial charge in [-0.1, -0.05) is 19.1 Å². The summed E-state index contributed by atoms with van der Waals surface area (Å²) in [6.45, 7) is 6.10. The maximum absolute atomic E-state index is 9.18. The van der Waals surface area contributed by atoms with Crippen LogP contribution in [0.1, 0.15) is 32.8 Å². The van der Waals surface area contributed by atoms with Crippen LogP contribution < -0.4 is 4.74 Å². The Morgan fingerprint density at radius 2 is 2.06 bits per heavy atom. The number of nitriles is 1. The van der Waals surface area contributed by atoms with Gasteiger partial charge in [-0.3, -0.25) is 4.98 Å². The van der Waals surface area contributed by atoms with Crippen LogP contribution in [0.2, 0.25) is 0 Å². The molecule has 0 amide bonds. The number of nitrogens with zero attached hydrogens (tertiary/aromatic N) is 2. The largest absolute Gasteiger partial charge is 0.486 e. The van der Waals surface area contributed by atoms with Gasteiger partial charge in [0.05, 0.1) is 5.52 Å². The van der Waals surface area contributed by atoms with Crippen LogP contribution in [0.15, 0.2) is 30.5 Å². The molecule has 92 valence electrons. The first-order valence-corrected chi connectivity index (χ1v) is 6.04. The average molecular weight is 240 g/mol. The Labute approximate surface area is 107 Å². The van der Waals surface area contributed by atoms with E-state index in [9.17, 15) is 5.26 Å². The van der Waals surface area contributed by atoms with Crippen molar-refractivity contribution in [3.8, 4) is 11.8 Å². The molecular formula is C15H16N2O. The summed E-state index contributed by atoms with van der Waals surface area (Å²) < 4.78 is 6.02. The fourth-order valence-corrected chi connectivity index (χ4v) is 1.65. The second-order valence-corrected chi connectivity index (χ2v) is 4.85. The summed E-state index contributed by atoms with van der Waals surface area (Å²) in [5.74, 6) is 0.634. The van der Waals surface area contributed by atoms with E-state index in [2.05, 4.69) is 18.0 Å². The molecule has 2 rings (SSSR count). The van der Waals surface area contributed by atoms with Crippen molar-refractivity contribution in [2.45, 2.75) is 32.8 Å². The molecule has 0 aliphatic rings. The lowest BCUT2D eigenvalue weighted by Gasteiger charge is -2.26. The van der Waals surface area contributed by atoms with Gasteiger partial charge < -0.3 is 4.74 Å². The fourth-order valence-electron chi connectivity index (χ4n) is 1.65. The second kappa shape index (κ2) is 4.66. The van der Waals surface area contributed by atoms with E-state index < -0.39 is 0 Å². The molecule has 0 aliphatic carbocycles. The molecule has 1 heterocycles. The van der Waals surface area contributed by atoms with Crippen LogP contribution in [0, 0.1) is 11.3 Å². The number of aromatic nitrogens is 1. The van der Waals surface area contributed by atoms with Crippen LogP contribution in [0.4, 0.5) is 0 Å². The highest BCUT2D eigenvalue weighted by Crippen LogP contribution is 2.31. The number of pyridine rings is 1. The zero-order valence-electron chi connectivity index (χ0n) is 10.9. The van der Waals surface area contributed by atoms with E-state index in [0.29, 0.717) is 11.3 Å². The number of ether oxygens (including phenoxy) is 1. The topological polar surface area (TPSA) is 45.9 Å². The van der Waals surface area contributed by atoms with Gasteiger partial charge in [0.15, 0.2) is 0 Å². The summed E-state index contributed by atoms with van der Waals surface area (Å²) in [6.07, 6.45) is 2.44. The molecule has 0 unspecified atom stereocenters. The van der Waals surface area contributed by atoms with E-state index in [1.807, 2.05) is 38.1 Å². The first-order valence-electron chi connectivity index (χ1n) is 6.04. The van der Waals surface area contributed by atoms with Crippen LogP contribution in [0.5, 0.6) is 5.75 Å². The molecule has 0 atom stereocenters. The van der Waals surface area contributed by atoms with Gasteiger partial charge in [-0.2, -0.15) is 5.26 Å². The molecule has 0 saturated heterocycles. The number of para-hydroxylation sites is 1. The number of hydrogen-bond donors (Lipinski definition) is 0. The summed E-state index contributed by atoms with van der Waals surface area (Å²) in [7, 11) is 0. The molecule has 0 spiro atoms. The molecule has 3 nitrogen and oxygen atoms in total. The minimum absolute atomic E-state index is 0.296. The summed E-state index contributed by atoms with van der Waals surface area (Å²) >= 11 is 0. The Morgan fingerprint density at radius 3 is 2.72 bits per heavy atom. The highest BCUT2D eigenvalue weighted by molar-refractivity contribution is 5.87. The Morgan fingerprint density at radius 1 is 1.33 bits per heavy atom. The minimum Gasteiger partial charge on any atom is -0.486 e. The van der Waals surface area contributed by atoms with Gasteiger partial charge in [0.25, 0.3) is 0 Å². The molecule has 0 N–H and O–H groups in total. The van der Waals surface area contributed by atoms with Crippen LogP contribution in [-0.2, 0) is 0 Å². The molecule has 0 saturated carbocycles. The van der Waals surface area contributed by atoms with Gasteiger partial charge in [-0.25, -0.2) is 0 Å². The standard InChI is InChI=1S/C15H16N2O/c1-4-15(2,3)18-14-11(9-16)10-17-13-8-6-5-7-12(13)14/h5-8,10H,4H2,1-3H3. The molecular weight excluding hydrogens is 224 g/mol. The Balaban J connectivity index is 2.63. The van der Waals surface area contributed by atoms with Gasteiger partial charge in [0, 0.05) is 11.6 Å². The Bertz CT molecular complexity index is 611. The zero-order valence-corrected chi connectivity index (χ0v) is 10.9. The maximum Gasteiger partial charge on any atom is 0.148 e. The van der Waals surface area contributed by atoms with Gasteiger partial charge in [0.2, 0.25) is 0 Å². The number of fused-ring (bicyclic) bond motifs is 1. The quantitative estimate of drug-likeness (QED) is 0.822. The van der Waals surface area contributed by atoms with Crippen molar-refractivity contribution < 1.29 is 4.74 Å². The predicted molar refractivity (Wildman–Crippen MR) is 71.5 cm³/mol. The van der Waals surface area contributed by atoms with Crippen molar-refractivity contribution in [3.05, 3.63) is 36.0 Å². The molecule has 0 bridgehead atoms. The summed E-state index contributed by atoms with van der Waals surface area (Å²) in [4.78, 5) is 4.27. The van der Waals surface area contributed by atoms with Gasteiger partial charge in [-0.05, 0) is 32.4 Å². The molecule has 0 fully saturated rings. The smallest absolute Gasteiger partial charge is 0.148 e. The summed E-state index contributed by atoms with van der Waals surface area (Å²) in [6, 6.07) is 9.85. The Hall–Kier alpha value is -2.08. The minimum atomic E-state index is -0.296. The third-order valence-corrected chi connectivity index (χ3v) is 3.08. The molecule has 3 heteroatoms. The lowest BCUT2D eigenvalue weighted by atomic mass is 10.1. The van der Waals surface area contributed by atoms with E-state index in [4.69, 9.17) is 4.74 Å². The first kappa shape index (κ1) is 12.4. The monoisotopic (exact) mass is 240 g/mol. The zero-order chi connectivity index (χ0) is 13.2. The van der Waals surface area contributed by atoms with Gasteiger partial charge in [0.1, 0.15) is 23.0 Å². The van der Waals surface area contributed by atoms with Crippen molar-refractivity contribution in [1.29, 1.82) is 5.26 Å². The normalized spacial score (nSPS) is 11.2. The summed E-state index contributed by atoms with van der Waals surface area (Å²) in [5, 5.41) is 10.1.